The lowest BCUT2D eigenvalue weighted by Gasteiger charge is -2.19. The van der Waals surface area contributed by atoms with E-state index in [9.17, 15) is 9.59 Å². The SMILES string of the molecule is CC(=O)ON(Cc1ccccn1)C(=O)c1nc(-c2ccc(N)cc2)oc1C. The third-order valence-electron chi connectivity index (χ3n) is 3.65. The van der Waals surface area contributed by atoms with E-state index in [4.69, 9.17) is 15.0 Å². The van der Waals surface area contributed by atoms with Gasteiger partial charge < -0.3 is 15.0 Å². The lowest BCUT2D eigenvalue weighted by molar-refractivity contribution is -0.177. The number of amides is 1. The van der Waals surface area contributed by atoms with E-state index in [0.29, 0.717) is 22.7 Å². The van der Waals surface area contributed by atoms with Gasteiger partial charge in [0.15, 0.2) is 5.69 Å². The predicted molar refractivity (Wildman–Crippen MR) is 97.0 cm³/mol. The molecule has 2 aromatic heterocycles. The van der Waals surface area contributed by atoms with Gasteiger partial charge in [-0.15, -0.1) is 0 Å². The predicted octanol–water partition coefficient (Wildman–Crippen LogP) is 2.75. The summed E-state index contributed by atoms with van der Waals surface area (Å²) in [4.78, 5) is 37.8. The number of rotatable bonds is 4. The van der Waals surface area contributed by atoms with Gasteiger partial charge in [-0.3, -0.25) is 14.6 Å². The molecule has 3 rings (SSSR count). The number of nitrogen functional groups attached to an aromatic ring is 1. The number of nitrogens with two attached hydrogens (primary N) is 1. The number of hydroxylamine groups is 2. The largest absolute Gasteiger partial charge is 0.441 e. The summed E-state index contributed by atoms with van der Waals surface area (Å²) in [6, 6.07) is 12.2. The Morgan fingerprint density at radius 3 is 2.56 bits per heavy atom. The van der Waals surface area contributed by atoms with Crippen molar-refractivity contribution in [3.8, 4) is 11.5 Å². The highest BCUT2D eigenvalue weighted by molar-refractivity contribution is 5.93. The number of anilines is 1. The van der Waals surface area contributed by atoms with Crippen molar-refractivity contribution in [2.75, 3.05) is 5.73 Å². The van der Waals surface area contributed by atoms with Crippen molar-refractivity contribution in [2.24, 2.45) is 0 Å². The minimum atomic E-state index is -0.626. The highest BCUT2D eigenvalue weighted by Gasteiger charge is 2.26. The zero-order chi connectivity index (χ0) is 19.4. The molecule has 0 unspecified atom stereocenters. The first-order chi connectivity index (χ1) is 12.9. The number of hydrogen-bond acceptors (Lipinski definition) is 7. The number of aryl methyl sites for hydroxylation is 1. The van der Waals surface area contributed by atoms with Crippen molar-refractivity contribution in [1.29, 1.82) is 0 Å². The summed E-state index contributed by atoms with van der Waals surface area (Å²) >= 11 is 0. The number of carbonyl (C=O) groups excluding carboxylic acids is 2. The maximum atomic E-state index is 12.9. The molecule has 0 radical (unpaired) electrons. The van der Waals surface area contributed by atoms with Gasteiger partial charge in [-0.2, -0.15) is 5.06 Å². The van der Waals surface area contributed by atoms with Crippen molar-refractivity contribution in [3.05, 3.63) is 65.8 Å². The summed E-state index contributed by atoms with van der Waals surface area (Å²) < 4.78 is 5.61. The first kappa shape index (κ1) is 18.1. The summed E-state index contributed by atoms with van der Waals surface area (Å²) in [5.74, 6) is -0.639. The molecule has 1 amide bonds. The quantitative estimate of drug-likeness (QED) is 0.558. The molecule has 0 bridgehead atoms. The third kappa shape index (κ3) is 4.30. The average molecular weight is 366 g/mol. The van der Waals surface area contributed by atoms with Gasteiger partial charge in [-0.05, 0) is 43.3 Å². The number of pyridine rings is 1. The molecule has 0 fully saturated rings. The zero-order valence-corrected chi connectivity index (χ0v) is 14.9. The van der Waals surface area contributed by atoms with Crippen LogP contribution in [0.25, 0.3) is 11.5 Å². The number of oxazole rings is 1. The molecule has 0 aliphatic rings. The van der Waals surface area contributed by atoms with Gasteiger partial charge in [0.1, 0.15) is 12.3 Å². The molecule has 8 heteroatoms. The van der Waals surface area contributed by atoms with Crippen LogP contribution in [0.3, 0.4) is 0 Å². The van der Waals surface area contributed by atoms with Crippen molar-refractivity contribution in [1.82, 2.24) is 15.0 Å². The number of benzene rings is 1. The van der Waals surface area contributed by atoms with Gasteiger partial charge in [-0.1, -0.05) is 6.07 Å². The van der Waals surface area contributed by atoms with E-state index >= 15 is 0 Å². The maximum absolute atomic E-state index is 12.9. The molecule has 0 aliphatic carbocycles. The highest BCUT2D eigenvalue weighted by Crippen LogP contribution is 2.24. The van der Waals surface area contributed by atoms with E-state index in [1.165, 1.54) is 6.92 Å². The lowest BCUT2D eigenvalue weighted by atomic mass is 10.2. The lowest BCUT2D eigenvalue weighted by Crippen LogP contribution is -2.33. The van der Waals surface area contributed by atoms with Crippen LogP contribution >= 0.6 is 0 Å². The Balaban J connectivity index is 1.89. The number of nitrogens with zero attached hydrogens (tertiary/aromatic N) is 3. The fourth-order valence-electron chi connectivity index (χ4n) is 2.40. The molecule has 0 saturated heterocycles. The second-order valence-electron chi connectivity index (χ2n) is 5.79. The smallest absolute Gasteiger partial charge is 0.329 e. The van der Waals surface area contributed by atoms with Crippen molar-refractivity contribution in [3.63, 3.8) is 0 Å². The van der Waals surface area contributed by atoms with Crippen LogP contribution in [0.2, 0.25) is 0 Å². The molecule has 138 valence electrons. The molecular formula is C19H18N4O4. The Hall–Kier alpha value is -3.68. The van der Waals surface area contributed by atoms with Gasteiger partial charge in [0.25, 0.3) is 0 Å². The number of carbonyl (C=O) groups is 2. The molecule has 8 nitrogen and oxygen atoms in total. The summed E-state index contributed by atoms with van der Waals surface area (Å²) in [6.45, 7) is 2.82. The topological polar surface area (TPSA) is 112 Å². The molecule has 27 heavy (non-hydrogen) atoms. The van der Waals surface area contributed by atoms with E-state index in [-0.39, 0.29) is 18.1 Å². The number of aromatic nitrogens is 2. The second kappa shape index (κ2) is 7.69. The molecule has 2 heterocycles. The van der Waals surface area contributed by atoms with Crippen molar-refractivity contribution < 1.29 is 18.8 Å². The van der Waals surface area contributed by atoms with Crippen LogP contribution < -0.4 is 5.73 Å². The van der Waals surface area contributed by atoms with Crippen LogP contribution in [0.5, 0.6) is 0 Å². The Bertz CT molecular complexity index is 952. The fourth-order valence-corrected chi connectivity index (χ4v) is 2.40. The van der Waals surface area contributed by atoms with E-state index in [2.05, 4.69) is 9.97 Å². The van der Waals surface area contributed by atoms with E-state index < -0.39 is 11.9 Å². The summed E-state index contributed by atoms with van der Waals surface area (Å²) in [5, 5.41) is 0.919. The van der Waals surface area contributed by atoms with Gasteiger partial charge in [0.05, 0.1) is 5.69 Å². The normalized spacial score (nSPS) is 10.4. The molecule has 3 aromatic rings. The van der Waals surface area contributed by atoms with Crippen LogP contribution in [0, 0.1) is 6.92 Å². The van der Waals surface area contributed by atoms with Gasteiger partial charge in [0.2, 0.25) is 5.89 Å². The third-order valence-corrected chi connectivity index (χ3v) is 3.65. The molecule has 2 N–H and O–H groups in total. The maximum Gasteiger partial charge on any atom is 0.329 e. The van der Waals surface area contributed by atoms with Gasteiger partial charge in [0, 0.05) is 24.4 Å². The second-order valence-corrected chi connectivity index (χ2v) is 5.79. The minimum Gasteiger partial charge on any atom is -0.441 e. The Kier molecular flexibility index (Phi) is 5.16. The Labute approximate surface area is 155 Å². The van der Waals surface area contributed by atoms with Crippen LogP contribution in [-0.4, -0.2) is 26.9 Å². The first-order valence-electron chi connectivity index (χ1n) is 8.17. The van der Waals surface area contributed by atoms with Crippen molar-refractivity contribution >= 4 is 17.6 Å². The van der Waals surface area contributed by atoms with Crippen molar-refractivity contribution in [2.45, 2.75) is 20.4 Å². The van der Waals surface area contributed by atoms with Crippen LogP contribution in [0.1, 0.15) is 28.9 Å². The van der Waals surface area contributed by atoms with E-state index in [0.717, 1.165) is 5.06 Å². The fraction of sp³-hybridized carbons (Fsp3) is 0.158. The highest BCUT2D eigenvalue weighted by atomic mass is 16.7. The molecule has 0 atom stereocenters. The molecule has 1 aromatic carbocycles. The van der Waals surface area contributed by atoms with Crippen LogP contribution in [0.4, 0.5) is 5.69 Å². The van der Waals surface area contributed by atoms with E-state index in [1.807, 2.05) is 0 Å². The van der Waals surface area contributed by atoms with Gasteiger partial charge in [-0.25, -0.2) is 4.98 Å². The standard InChI is InChI=1S/C19H18N4O4/c1-12-17(22-18(26-12)14-6-8-15(20)9-7-14)19(25)23(27-13(2)24)11-16-5-3-4-10-21-16/h3-10H,11,20H2,1-2H3. The minimum absolute atomic E-state index is 0.0112. The summed E-state index contributed by atoms with van der Waals surface area (Å²) in [6.07, 6.45) is 1.59. The average Bonchev–Trinajstić information content (AvgIpc) is 3.03. The Morgan fingerprint density at radius 1 is 1.19 bits per heavy atom. The monoisotopic (exact) mass is 366 g/mol. The van der Waals surface area contributed by atoms with Gasteiger partial charge >= 0.3 is 11.9 Å². The molecule has 0 saturated carbocycles. The van der Waals surface area contributed by atoms with Crippen LogP contribution in [-0.2, 0) is 16.2 Å². The Morgan fingerprint density at radius 2 is 1.93 bits per heavy atom. The van der Waals surface area contributed by atoms with Crippen LogP contribution in [0.15, 0.2) is 53.1 Å². The summed E-state index contributed by atoms with van der Waals surface area (Å²) in [5.41, 5.74) is 7.58. The first-order valence-corrected chi connectivity index (χ1v) is 8.17. The molecule has 0 aliphatic heterocycles. The molecule has 0 spiro atoms. The summed E-state index contributed by atoms with van der Waals surface area (Å²) in [7, 11) is 0. The zero-order valence-electron chi connectivity index (χ0n) is 14.9. The molecular weight excluding hydrogens is 348 g/mol. The number of hydrogen-bond donors (Lipinski definition) is 1. The van der Waals surface area contributed by atoms with E-state index in [1.54, 1.807) is 55.6 Å².